The van der Waals surface area contributed by atoms with Crippen LogP contribution in [-0.2, 0) is 0 Å². The lowest BCUT2D eigenvalue weighted by Gasteiger charge is -2.12. The van der Waals surface area contributed by atoms with Crippen LogP contribution in [0.2, 0.25) is 5.02 Å². The van der Waals surface area contributed by atoms with Crippen molar-refractivity contribution >= 4 is 11.6 Å². The van der Waals surface area contributed by atoms with Gasteiger partial charge >= 0.3 is 0 Å². The molecule has 2 nitrogen and oxygen atoms in total. The van der Waals surface area contributed by atoms with Gasteiger partial charge in [-0.15, -0.1) is 0 Å². The molecule has 0 aliphatic rings. The Morgan fingerprint density at radius 2 is 1.55 bits per heavy atom. The van der Waals surface area contributed by atoms with Gasteiger partial charge in [-0.3, -0.25) is 0 Å². The third kappa shape index (κ3) is 3.53. The van der Waals surface area contributed by atoms with E-state index in [1.165, 1.54) is 5.56 Å². The maximum atomic E-state index is 6.20. The molecule has 0 aliphatic heterocycles. The van der Waals surface area contributed by atoms with Gasteiger partial charge in [0.2, 0.25) is 0 Å². The molecule has 0 spiro atoms. The molecule has 0 saturated carbocycles. The molecule has 0 bridgehead atoms. The maximum Gasteiger partial charge on any atom is 0.128 e. The molecular weight excluding hydrogens is 270 g/mol. The molecule has 0 heterocycles. The fourth-order valence-corrected chi connectivity index (χ4v) is 2.34. The smallest absolute Gasteiger partial charge is 0.128 e. The third-order valence-electron chi connectivity index (χ3n) is 3.24. The molecular formula is C17H20ClNO. The Bertz CT molecular complexity index is 576. The predicted molar refractivity (Wildman–Crippen MR) is 84.7 cm³/mol. The highest BCUT2D eigenvalue weighted by molar-refractivity contribution is 6.31. The van der Waals surface area contributed by atoms with Crippen LogP contribution >= 0.6 is 11.6 Å². The number of halogens is 1. The minimum atomic E-state index is -0.0816. The van der Waals surface area contributed by atoms with Crippen LogP contribution in [0.3, 0.4) is 0 Å². The monoisotopic (exact) mass is 289 g/mol. The number of nitrogens with two attached hydrogens (primary N) is 1. The molecule has 2 aromatic rings. The van der Waals surface area contributed by atoms with E-state index in [1.54, 1.807) is 6.07 Å². The van der Waals surface area contributed by atoms with Crippen molar-refractivity contribution in [3.63, 3.8) is 0 Å². The molecule has 2 rings (SSSR count). The highest BCUT2D eigenvalue weighted by Crippen LogP contribution is 2.29. The van der Waals surface area contributed by atoms with Gasteiger partial charge in [-0.05, 0) is 48.2 Å². The van der Waals surface area contributed by atoms with Gasteiger partial charge in [0.05, 0.1) is 0 Å². The molecule has 20 heavy (non-hydrogen) atoms. The first-order chi connectivity index (χ1) is 9.47. The Morgan fingerprint density at radius 1 is 0.950 bits per heavy atom. The second-order valence-electron chi connectivity index (χ2n) is 5.30. The first-order valence-corrected chi connectivity index (χ1v) is 7.18. The number of hydrogen-bond donors (Lipinski definition) is 1. The molecule has 3 heteroatoms. The van der Waals surface area contributed by atoms with Crippen LogP contribution in [0.4, 0.5) is 0 Å². The van der Waals surface area contributed by atoms with E-state index in [-0.39, 0.29) is 6.04 Å². The maximum absolute atomic E-state index is 6.20. The van der Waals surface area contributed by atoms with Gasteiger partial charge in [0, 0.05) is 11.1 Å². The highest BCUT2D eigenvalue weighted by Gasteiger charge is 2.07. The van der Waals surface area contributed by atoms with E-state index in [0.717, 1.165) is 17.1 Å². The number of ether oxygens (including phenoxy) is 1. The Labute approximate surface area is 125 Å². The van der Waals surface area contributed by atoms with Crippen LogP contribution in [0.15, 0.2) is 42.5 Å². The topological polar surface area (TPSA) is 35.2 Å². The zero-order valence-electron chi connectivity index (χ0n) is 12.1. The van der Waals surface area contributed by atoms with Crippen LogP contribution in [0, 0.1) is 0 Å². The van der Waals surface area contributed by atoms with Crippen molar-refractivity contribution in [3.05, 3.63) is 58.6 Å². The summed E-state index contributed by atoms with van der Waals surface area (Å²) in [5.41, 5.74) is 8.06. The lowest BCUT2D eigenvalue weighted by atomic mass is 10.0. The quantitative estimate of drug-likeness (QED) is 0.831. The van der Waals surface area contributed by atoms with Gasteiger partial charge in [0.15, 0.2) is 0 Å². The van der Waals surface area contributed by atoms with E-state index in [2.05, 4.69) is 26.0 Å². The fourth-order valence-electron chi connectivity index (χ4n) is 2.00. The summed E-state index contributed by atoms with van der Waals surface area (Å²) in [7, 11) is 0. The van der Waals surface area contributed by atoms with Gasteiger partial charge in [0.25, 0.3) is 0 Å². The summed E-state index contributed by atoms with van der Waals surface area (Å²) in [6, 6.07) is 13.6. The molecule has 1 unspecified atom stereocenters. The predicted octanol–water partition coefficient (Wildman–Crippen LogP) is 5.28. The Morgan fingerprint density at radius 3 is 2.05 bits per heavy atom. The zero-order chi connectivity index (χ0) is 14.7. The van der Waals surface area contributed by atoms with Gasteiger partial charge < -0.3 is 10.5 Å². The lowest BCUT2D eigenvalue weighted by molar-refractivity contribution is 0.482. The molecule has 0 amide bonds. The molecule has 0 aliphatic carbocycles. The summed E-state index contributed by atoms with van der Waals surface area (Å²) in [5, 5.41) is 0.635. The third-order valence-corrected chi connectivity index (χ3v) is 3.57. The Balaban J connectivity index is 2.15. The van der Waals surface area contributed by atoms with Crippen molar-refractivity contribution in [2.75, 3.05) is 0 Å². The van der Waals surface area contributed by atoms with Gasteiger partial charge in [-0.1, -0.05) is 43.6 Å². The molecule has 0 fully saturated rings. The van der Waals surface area contributed by atoms with Crippen LogP contribution < -0.4 is 10.5 Å². The Hall–Kier alpha value is -1.51. The van der Waals surface area contributed by atoms with E-state index >= 15 is 0 Å². The first-order valence-electron chi connectivity index (χ1n) is 6.80. The number of hydrogen-bond acceptors (Lipinski definition) is 2. The highest BCUT2D eigenvalue weighted by atomic mass is 35.5. The molecule has 106 valence electrons. The van der Waals surface area contributed by atoms with Crippen molar-refractivity contribution in [2.24, 2.45) is 5.73 Å². The van der Waals surface area contributed by atoms with Crippen molar-refractivity contribution in [1.29, 1.82) is 0 Å². The minimum absolute atomic E-state index is 0.0816. The molecule has 1 atom stereocenters. The van der Waals surface area contributed by atoms with Crippen molar-refractivity contribution in [1.82, 2.24) is 0 Å². The van der Waals surface area contributed by atoms with Gasteiger partial charge in [-0.25, -0.2) is 0 Å². The molecule has 0 radical (unpaired) electrons. The van der Waals surface area contributed by atoms with Gasteiger partial charge in [0.1, 0.15) is 11.5 Å². The first kappa shape index (κ1) is 14.9. The average Bonchev–Trinajstić information content (AvgIpc) is 2.39. The summed E-state index contributed by atoms with van der Waals surface area (Å²) in [4.78, 5) is 0. The summed E-state index contributed by atoms with van der Waals surface area (Å²) in [5.74, 6) is 2.04. The summed E-state index contributed by atoms with van der Waals surface area (Å²) < 4.78 is 5.80. The van der Waals surface area contributed by atoms with Crippen molar-refractivity contribution in [2.45, 2.75) is 32.7 Å². The largest absolute Gasteiger partial charge is 0.457 e. The van der Waals surface area contributed by atoms with Crippen molar-refractivity contribution in [3.8, 4) is 11.5 Å². The minimum Gasteiger partial charge on any atom is -0.457 e. The normalized spacial score (nSPS) is 12.5. The summed E-state index contributed by atoms with van der Waals surface area (Å²) in [6.07, 6.45) is 0. The molecule has 2 aromatic carbocycles. The molecule has 0 aromatic heterocycles. The van der Waals surface area contributed by atoms with E-state index in [4.69, 9.17) is 22.1 Å². The standard InChI is InChI=1S/C17H20ClNO/c1-11(2)13-4-6-14(7-5-13)20-15-8-9-16(12(3)19)17(18)10-15/h4-12H,19H2,1-3H3. The van der Waals surface area contributed by atoms with E-state index in [0.29, 0.717) is 10.9 Å². The zero-order valence-corrected chi connectivity index (χ0v) is 12.8. The summed E-state index contributed by atoms with van der Waals surface area (Å²) >= 11 is 6.20. The number of benzene rings is 2. The fraction of sp³-hybridized carbons (Fsp3) is 0.294. The number of rotatable bonds is 4. The van der Waals surface area contributed by atoms with Gasteiger partial charge in [-0.2, -0.15) is 0 Å². The van der Waals surface area contributed by atoms with Crippen LogP contribution in [0.25, 0.3) is 0 Å². The van der Waals surface area contributed by atoms with Crippen molar-refractivity contribution < 1.29 is 4.74 Å². The SMILES string of the molecule is CC(C)c1ccc(Oc2ccc(C(C)N)c(Cl)c2)cc1. The van der Waals surface area contributed by atoms with Crippen LogP contribution in [0.5, 0.6) is 11.5 Å². The molecule has 0 saturated heterocycles. The van der Waals surface area contributed by atoms with Crippen LogP contribution in [0.1, 0.15) is 43.9 Å². The van der Waals surface area contributed by atoms with E-state index in [1.807, 2.05) is 31.2 Å². The lowest BCUT2D eigenvalue weighted by Crippen LogP contribution is -2.05. The Kier molecular flexibility index (Phi) is 4.69. The van der Waals surface area contributed by atoms with E-state index < -0.39 is 0 Å². The second kappa shape index (κ2) is 6.29. The second-order valence-corrected chi connectivity index (χ2v) is 5.70. The average molecular weight is 290 g/mol. The van der Waals surface area contributed by atoms with Crippen LogP contribution in [-0.4, -0.2) is 0 Å². The van der Waals surface area contributed by atoms with E-state index in [9.17, 15) is 0 Å². The molecule has 2 N–H and O–H groups in total. The summed E-state index contributed by atoms with van der Waals surface area (Å²) in [6.45, 7) is 6.25.